The average molecular weight is 391 g/mol. The Morgan fingerprint density at radius 1 is 1.07 bits per heavy atom. The molecule has 0 aliphatic rings. The average Bonchev–Trinajstić information content (AvgIpc) is 2.65. The molecule has 0 bridgehead atoms. The maximum atomic E-state index is 12.7. The summed E-state index contributed by atoms with van der Waals surface area (Å²) in [5.41, 5.74) is 1.38. The summed E-state index contributed by atoms with van der Waals surface area (Å²) in [4.78, 5) is 12.7. The second kappa shape index (κ2) is 9.41. The highest BCUT2D eigenvalue weighted by molar-refractivity contribution is 7.92. The lowest BCUT2D eigenvalue weighted by Crippen LogP contribution is -2.49. The monoisotopic (exact) mass is 390 g/mol. The van der Waals surface area contributed by atoms with Crippen LogP contribution in [0.1, 0.15) is 25.8 Å². The third kappa shape index (κ3) is 5.72. The van der Waals surface area contributed by atoms with E-state index in [9.17, 15) is 13.2 Å². The second-order valence-electron chi connectivity index (χ2n) is 6.11. The third-order valence-electron chi connectivity index (χ3n) is 4.04. The highest BCUT2D eigenvalue weighted by atomic mass is 32.2. The van der Waals surface area contributed by atoms with Crippen LogP contribution in [-0.4, -0.2) is 33.2 Å². The highest BCUT2D eigenvalue weighted by Gasteiger charge is 2.31. The van der Waals surface area contributed by atoms with Gasteiger partial charge in [0.05, 0.1) is 18.6 Å². The molecular weight excluding hydrogens is 364 g/mol. The van der Waals surface area contributed by atoms with Gasteiger partial charge in [-0.3, -0.25) is 9.10 Å². The number of amides is 1. The van der Waals surface area contributed by atoms with Crippen molar-refractivity contribution in [1.29, 1.82) is 0 Å². The van der Waals surface area contributed by atoms with E-state index in [4.69, 9.17) is 4.74 Å². The molecule has 1 unspecified atom stereocenters. The molecular formula is C20H26N2O4S. The van der Waals surface area contributed by atoms with E-state index in [1.807, 2.05) is 31.2 Å². The second-order valence-corrected chi connectivity index (χ2v) is 7.97. The summed E-state index contributed by atoms with van der Waals surface area (Å²) in [6, 6.07) is 15.3. The van der Waals surface area contributed by atoms with Crippen molar-refractivity contribution in [3.63, 3.8) is 0 Å². The molecule has 0 aromatic heterocycles. The number of carbonyl (C=O) groups excluding carboxylic acids is 1. The largest absolute Gasteiger partial charge is 0.494 e. The summed E-state index contributed by atoms with van der Waals surface area (Å²) in [7, 11) is -3.61. The molecule has 7 heteroatoms. The fourth-order valence-electron chi connectivity index (χ4n) is 2.81. The molecule has 1 atom stereocenters. The van der Waals surface area contributed by atoms with Crippen molar-refractivity contribution in [1.82, 2.24) is 5.32 Å². The van der Waals surface area contributed by atoms with Crippen molar-refractivity contribution in [3.8, 4) is 5.75 Å². The number of hydrogen-bond acceptors (Lipinski definition) is 4. The number of nitrogens with zero attached hydrogens (tertiary/aromatic N) is 1. The summed E-state index contributed by atoms with van der Waals surface area (Å²) in [5.74, 6) is 0.437. The van der Waals surface area contributed by atoms with E-state index in [1.165, 1.54) is 4.31 Å². The number of rotatable bonds is 9. The molecule has 146 valence electrons. The summed E-state index contributed by atoms with van der Waals surface area (Å²) in [5, 5.41) is 2.84. The van der Waals surface area contributed by atoms with Gasteiger partial charge in [-0.1, -0.05) is 37.3 Å². The quantitative estimate of drug-likeness (QED) is 0.714. The Morgan fingerprint density at radius 2 is 1.70 bits per heavy atom. The van der Waals surface area contributed by atoms with Crippen LogP contribution in [0.5, 0.6) is 5.75 Å². The zero-order chi connectivity index (χ0) is 19.9. The van der Waals surface area contributed by atoms with E-state index in [-0.39, 0.29) is 5.91 Å². The molecule has 0 saturated carbocycles. The minimum absolute atomic E-state index is 0.314. The minimum Gasteiger partial charge on any atom is -0.494 e. The van der Waals surface area contributed by atoms with Crippen molar-refractivity contribution in [2.75, 3.05) is 17.2 Å². The van der Waals surface area contributed by atoms with Crippen molar-refractivity contribution in [2.24, 2.45) is 0 Å². The molecule has 0 fully saturated rings. The lowest BCUT2D eigenvalue weighted by Gasteiger charge is -2.30. The van der Waals surface area contributed by atoms with E-state index in [0.717, 1.165) is 17.6 Å². The zero-order valence-corrected chi connectivity index (χ0v) is 16.7. The maximum Gasteiger partial charge on any atom is 0.244 e. The maximum absolute atomic E-state index is 12.7. The molecule has 0 heterocycles. The summed E-state index contributed by atoms with van der Waals surface area (Å²) in [6.45, 7) is 4.62. The molecule has 6 nitrogen and oxygen atoms in total. The van der Waals surface area contributed by atoms with E-state index < -0.39 is 16.1 Å². The number of hydrogen-bond donors (Lipinski definition) is 1. The first-order chi connectivity index (χ1) is 12.9. The van der Waals surface area contributed by atoms with Crippen LogP contribution in [0.3, 0.4) is 0 Å². The number of para-hydroxylation sites is 1. The van der Waals surface area contributed by atoms with E-state index >= 15 is 0 Å². The fraction of sp³-hybridized carbons (Fsp3) is 0.350. The molecule has 0 aliphatic heterocycles. The van der Waals surface area contributed by atoms with Gasteiger partial charge in [-0.15, -0.1) is 0 Å². The van der Waals surface area contributed by atoms with Gasteiger partial charge in [0.2, 0.25) is 15.9 Å². The Morgan fingerprint density at radius 3 is 2.22 bits per heavy atom. The van der Waals surface area contributed by atoms with Crippen LogP contribution >= 0.6 is 0 Å². The van der Waals surface area contributed by atoms with Crippen molar-refractivity contribution in [2.45, 2.75) is 32.9 Å². The van der Waals surface area contributed by atoms with Crippen molar-refractivity contribution in [3.05, 3.63) is 60.2 Å². The third-order valence-corrected chi connectivity index (χ3v) is 5.22. The van der Waals surface area contributed by atoms with E-state index in [1.54, 1.807) is 37.3 Å². The van der Waals surface area contributed by atoms with Crippen LogP contribution in [-0.2, 0) is 21.4 Å². The topological polar surface area (TPSA) is 75.7 Å². The Balaban J connectivity index is 2.13. The van der Waals surface area contributed by atoms with Crippen LogP contribution in [0.15, 0.2) is 54.6 Å². The molecule has 2 aromatic carbocycles. The highest BCUT2D eigenvalue weighted by Crippen LogP contribution is 2.22. The number of nitrogens with one attached hydrogen (secondary N) is 1. The van der Waals surface area contributed by atoms with Gasteiger partial charge in [0.1, 0.15) is 11.8 Å². The SMILES string of the molecule is CCOc1ccc(CNC(=O)C(CC)N(c2ccccc2)S(C)(=O)=O)cc1. The number of anilines is 1. The van der Waals surface area contributed by atoms with Crippen molar-refractivity contribution >= 4 is 21.6 Å². The predicted molar refractivity (Wildman–Crippen MR) is 107 cm³/mol. The van der Waals surface area contributed by atoms with Gasteiger partial charge in [-0.2, -0.15) is 0 Å². The van der Waals surface area contributed by atoms with Gasteiger partial charge >= 0.3 is 0 Å². The number of sulfonamides is 1. The van der Waals surface area contributed by atoms with Gasteiger partial charge < -0.3 is 10.1 Å². The first-order valence-electron chi connectivity index (χ1n) is 8.90. The molecule has 0 aliphatic carbocycles. The Hall–Kier alpha value is -2.54. The van der Waals surface area contributed by atoms with Crippen LogP contribution < -0.4 is 14.4 Å². The predicted octanol–water partition coefficient (Wildman–Crippen LogP) is 2.95. The number of benzene rings is 2. The fourth-order valence-corrected chi connectivity index (χ4v) is 4.02. The van der Waals surface area contributed by atoms with Gasteiger partial charge in [0, 0.05) is 6.54 Å². The molecule has 1 amide bonds. The Bertz CT molecular complexity index is 836. The lowest BCUT2D eigenvalue weighted by atomic mass is 10.1. The summed E-state index contributed by atoms with van der Waals surface area (Å²) < 4.78 is 31.3. The smallest absolute Gasteiger partial charge is 0.244 e. The zero-order valence-electron chi connectivity index (χ0n) is 15.9. The first-order valence-corrected chi connectivity index (χ1v) is 10.8. The van der Waals surface area contributed by atoms with E-state index in [0.29, 0.717) is 25.3 Å². The van der Waals surface area contributed by atoms with Crippen LogP contribution in [0.25, 0.3) is 0 Å². The van der Waals surface area contributed by atoms with Gasteiger partial charge in [-0.05, 0) is 43.2 Å². The van der Waals surface area contributed by atoms with Crippen LogP contribution in [0.4, 0.5) is 5.69 Å². The molecule has 0 saturated heterocycles. The van der Waals surface area contributed by atoms with Gasteiger partial charge in [0.25, 0.3) is 0 Å². The van der Waals surface area contributed by atoms with E-state index in [2.05, 4.69) is 5.32 Å². The normalized spacial score (nSPS) is 12.3. The Kier molecular flexibility index (Phi) is 7.24. The summed E-state index contributed by atoms with van der Waals surface area (Å²) >= 11 is 0. The molecule has 2 rings (SSSR count). The minimum atomic E-state index is -3.61. The lowest BCUT2D eigenvalue weighted by molar-refractivity contribution is -0.122. The number of ether oxygens (including phenoxy) is 1. The Labute approximate surface area is 161 Å². The molecule has 27 heavy (non-hydrogen) atoms. The molecule has 1 N–H and O–H groups in total. The number of carbonyl (C=O) groups is 1. The van der Waals surface area contributed by atoms with Gasteiger partial charge in [-0.25, -0.2) is 8.42 Å². The molecule has 0 radical (unpaired) electrons. The van der Waals surface area contributed by atoms with Gasteiger partial charge in [0.15, 0.2) is 0 Å². The van der Waals surface area contributed by atoms with Crippen molar-refractivity contribution < 1.29 is 17.9 Å². The molecule has 0 spiro atoms. The van der Waals surface area contributed by atoms with Crippen LogP contribution in [0.2, 0.25) is 0 Å². The summed E-state index contributed by atoms with van der Waals surface area (Å²) in [6.07, 6.45) is 1.47. The standard InChI is InChI=1S/C20H26N2O4S/c1-4-19(22(27(3,24)25)17-9-7-6-8-10-17)20(23)21-15-16-11-13-18(14-12-16)26-5-2/h6-14,19H,4-5,15H2,1-3H3,(H,21,23). The first kappa shape index (κ1) is 20.8. The molecule has 2 aromatic rings. The van der Waals surface area contributed by atoms with Crippen LogP contribution in [0, 0.1) is 0 Å².